The largest absolute Gasteiger partial charge is 0.462 e. The van der Waals surface area contributed by atoms with Crippen LogP contribution in [0.15, 0.2) is 12.2 Å². The lowest BCUT2D eigenvalue weighted by atomic mass is 9.55. The van der Waals surface area contributed by atoms with Crippen molar-refractivity contribution in [3.05, 3.63) is 12.2 Å². The second-order valence-electron chi connectivity index (χ2n) is 11.0. The van der Waals surface area contributed by atoms with E-state index >= 15 is 0 Å². The Kier molecular flexibility index (Phi) is 5.53. The van der Waals surface area contributed by atoms with Crippen molar-refractivity contribution >= 4 is 5.97 Å². The topological polar surface area (TPSA) is 32.8 Å². The molecule has 0 aromatic heterocycles. The second kappa shape index (κ2) is 8.00. The standard InChI is InChI=1S/C25H40N2O2/c1-18-7-6-10-25(2)16-23-20(15-22(18)25)21(24(28)29-23)17-26-11-13-27(14-12-26)19-8-4-3-5-9-19/h19-23H,1,3-17H2,2H3/t20-,21+,22+,23-,25-/m1/s1. The van der Waals surface area contributed by atoms with E-state index < -0.39 is 0 Å². The van der Waals surface area contributed by atoms with Gasteiger partial charge in [0.2, 0.25) is 0 Å². The predicted octanol–water partition coefficient (Wildman–Crippen LogP) is 4.25. The zero-order valence-corrected chi connectivity index (χ0v) is 18.4. The molecule has 3 aliphatic carbocycles. The van der Waals surface area contributed by atoms with Gasteiger partial charge in [0.25, 0.3) is 0 Å². The Morgan fingerprint density at radius 1 is 1.10 bits per heavy atom. The first kappa shape index (κ1) is 20.1. The first-order valence-corrected chi connectivity index (χ1v) is 12.4. The maximum Gasteiger partial charge on any atom is 0.310 e. The van der Waals surface area contributed by atoms with E-state index in [1.165, 1.54) is 70.0 Å². The van der Waals surface area contributed by atoms with Gasteiger partial charge in [-0.15, -0.1) is 0 Å². The summed E-state index contributed by atoms with van der Waals surface area (Å²) in [6.07, 6.45) is 13.1. The van der Waals surface area contributed by atoms with Gasteiger partial charge in [-0.1, -0.05) is 38.3 Å². The first-order chi connectivity index (χ1) is 14.0. The van der Waals surface area contributed by atoms with Crippen LogP contribution in [0.25, 0.3) is 0 Å². The molecule has 3 saturated carbocycles. The van der Waals surface area contributed by atoms with Crippen molar-refractivity contribution < 1.29 is 9.53 Å². The molecule has 0 spiro atoms. The average Bonchev–Trinajstić information content (AvgIpc) is 3.01. The summed E-state index contributed by atoms with van der Waals surface area (Å²) in [6, 6.07) is 0.820. The van der Waals surface area contributed by atoms with Crippen LogP contribution in [0.5, 0.6) is 0 Å². The molecule has 4 heteroatoms. The van der Waals surface area contributed by atoms with Crippen molar-refractivity contribution in [2.75, 3.05) is 32.7 Å². The number of rotatable bonds is 3. The van der Waals surface area contributed by atoms with Gasteiger partial charge in [-0.3, -0.25) is 14.6 Å². The van der Waals surface area contributed by atoms with Crippen LogP contribution in [-0.2, 0) is 9.53 Å². The average molecular weight is 401 g/mol. The number of piperazine rings is 1. The molecular formula is C25H40N2O2. The summed E-state index contributed by atoms with van der Waals surface area (Å²) >= 11 is 0. The number of ether oxygens (including phenoxy) is 1. The molecule has 4 nitrogen and oxygen atoms in total. The molecule has 0 N–H and O–H groups in total. The highest BCUT2D eigenvalue weighted by Crippen LogP contribution is 2.56. The van der Waals surface area contributed by atoms with E-state index in [2.05, 4.69) is 23.3 Å². The van der Waals surface area contributed by atoms with E-state index in [1.54, 1.807) is 0 Å². The van der Waals surface area contributed by atoms with E-state index in [9.17, 15) is 4.79 Å². The highest BCUT2D eigenvalue weighted by atomic mass is 16.6. The molecule has 2 saturated heterocycles. The lowest BCUT2D eigenvalue weighted by molar-refractivity contribution is -0.146. The zero-order chi connectivity index (χ0) is 20.0. The molecule has 0 aromatic carbocycles. The van der Waals surface area contributed by atoms with Gasteiger partial charge in [-0.05, 0) is 56.3 Å². The van der Waals surface area contributed by atoms with Crippen LogP contribution in [0.2, 0.25) is 0 Å². The highest BCUT2D eigenvalue weighted by Gasteiger charge is 2.55. The first-order valence-electron chi connectivity index (χ1n) is 12.4. The Bertz CT molecular complexity index is 635. The lowest BCUT2D eigenvalue weighted by Gasteiger charge is -2.50. The number of fused-ring (bicyclic) bond motifs is 2. The number of allylic oxidation sites excluding steroid dienone is 1. The molecule has 0 unspecified atom stereocenters. The summed E-state index contributed by atoms with van der Waals surface area (Å²) in [5, 5.41) is 0. The third kappa shape index (κ3) is 3.80. The minimum Gasteiger partial charge on any atom is -0.462 e. The molecule has 5 fully saturated rings. The maximum absolute atomic E-state index is 12.8. The summed E-state index contributed by atoms with van der Waals surface area (Å²) < 4.78 is 5.98. The van der Waals surface area contributed by atoms with Crippen LogP contribution in [0.3, 0.4) is 0 Å². The minimum absolute atomic E-state index is 0.0838. The van der Waals surface area contributed by atoms with E-state index in [1.807, 2.05) is 0 Å². The van der Waals surface area contributed by atoms with Crippen molar-refractivity contribution in [2.45, 2.75) is 83.3 Å². The molecule has 2 heterocycles. The summed E-state index contributed by atoms with van der Waals surface area (Å²) in [5.74, 6) is 1.17. The van der Waals surface area contributed by atoms with E-state index in [-0.39, 0.29) is 18.0 Å². The van der Waals surface area contributed by atoms with Gasteiger partial charge < -0.3 is 4.74 Å². The van der Waals surface area contributed by atoms with Crippen LogP contribution >= 0.6 is 0 Å². The van der Waals surface area contributed by atoms with Gasteiger partial charge in [0, 0.05) is 44.7 Å². The molecule has 0 aromatic rings. The van der Waals surface area contributed by atoms with Crippen molar-refractivity contribution in [3.63, 3.8) is 0 Å². The van der Waals surface area contributed by atoms with Crippen LogP contribution < -0.4 is 0 Å². The Morgan fingerprint density at radius 3 is 2.62 bits per heavy atom. The van der Waals surface area contributed by atoms with E-state index in [0.29, 0.717) is 17.3 Å². The SMILES string of the molecule is C=C1CCC[C@]2(C)C[C@H]3OC(=O)[C@@H](CN4CCN(C5CCCCC5)CC4)[C@H]3C[C@@H]12. The van der Waals surface area contributed by atoms with Gasteiger partial charge in [-0.25, -0.2) is 0 Å². The minimum atomic E-state index is 0.0838. The molecule has 5 aliphatic rings. The van der Waals surface area contributed by atoms with Gasteiger partial charge in [0.1, 0.15) is 6.10 Å². The van der Waals surface area contributed by atoms with Gasteiger partial charge >= 0.3 is 5.97 Å². The Labute approximate surface area is 177 Å². The fraction of sp³-hybridized carbons (Fsp3) is 0.880. The molecule has 162 valence electrons. The van der Waals surface area contributed by atoms with Crippen LogP contribution in [0.4, 0.5) is 0 Å². The van der Waals surface area contributed by atoms with Crippen molar-refractivity contribution in [3.8, 4) is 0 Å². The number of hydrogen-bond donors (Lipinski definition) is 0. The third-order valence-corrected chi connectivity index (χ3v) is 9.27. The molecular weight excluding hydrogens is 360 g/mol. The number of carbonyl (C=O) groups excluding carboxylic acids is 1. The van der Waals surface area contributed by atoms with E-state index in [4.69, 9.17) is 4.74 Å². The molecule has 5 rings (SSSR count). The van der Waals surface area contributed by atoms with Gasteiger partial charge in [0.05, 0.1) is 5.92 Å². The summed E-state index contributed by atoms with van der Waals surface area (Å²) in [6.45, 7) is 12.4. The number of esters is 1. The molecule has 0 bridgehead atoms. The van der Waals surface area contributed by atoms with E-state index in [0.717, 1.165) is 38.5 Å². The summed E-state index contributed by atoms with van der Waals surface area (Å²) in [5.41, 5.74) is 1.74. The summed E-state index contributed by atoms with van der Waals surface area (Å²) in [7, 11) is 0. The number of hydrogen-bond acceptors (Lipinski definition) is 4. The summed E-state index contributed by atoms with van der Waals surface area (Å²) in [4.78, 5) is 18.1. The lowest BCUT2D eigenvalue weighted by Crippen LogP contribution is -2.52. The quantitative estimate of drug-likeness (QED) is 0.524. The van der Waals surface area contributed by atoms with Crippen molar-refractivity contribution in [1.29, 1.82) is 0 Å². The Balaban J connectivity index is 1.20. The fourth-order valence-corrected chi connectivity index (χ4v) is 7.50. The predicted molar refractivity (Wildman–Crippen MR) is 116 cm³/mol. The molecule has 5 atom stereocenters. The fourth-order valence-electron chi connectivity index (χ4n) is 7.50. The number of nitrogens with zero attached hydrogens (tertiary/aromatic N) is 2. The molecule has 29 heavy (non-hydrogen) atoms. The maximum atomic E-state index is 12.8. The Hall–Kier alpha value is -0.870. The zero-order valence-electron chi connectivity index (χ0n) is 18.4. The van der Waals surface area contributed by atoms with Crippen LogP contribution in [0.1, 0.15) is 71.1 Å². The van der Waals surface area contributed by atoms with Gasteiger partial charge in [0.15, 0.2) is 0 Å². The monoisotopic (exact) mass is 400 g/mol. The smallest absolute Gasteiger partial charge is 0.310 e. The molecule has 0 radical (unpaired) electrons. The normalized spacial score (nSPS) is 42.4. The van der Waals surface area contributed by atoms with Crippen molar-refractivity contribution in [2.24, 2.45) is 23.2 Å². The van der Waals surface area contributed by atoms with Crippen LogP contribution in [-0.4, -0.2) is 60.6 Å². The third-order valence-electron chi connectivity index (χ3n) is 9.27. The molecule has 0 amide bonds. The Morgan fingerprint density at radius 2 is 1.86 bits per heavy atom. The number of carbonyl (C=O) groups is 1. The van der Waals surface area contributed by atoms with Crippen molar-refractivity contribution in [1.82, 2.24) is 9.80 Å². The highest BCUT2D eigenvalue weighted by molar-refractivity contribution is 5.75. The van der Waals surface area contributed by atoms with Gasteiger partial charge in [-0.2, -0.15) is 0 Å². The van der Waals surface area contributed by atoms with Crippen LogP contribution in [0, 0.1) is 23.2 Å². The second-order valence-corrected chi connectivity index (χ2v) is 11.0. The molecule has 2 aliphatic heterocycles.